The molecule has 1 rings (SSSR count). The van der Waals surface area contributed by atoms with Crippen molar-refractivity contribution in [2.24, 2.45) is 5.41 Å². The van der Waals surface area contributed by atoms with Crippen LogP contribution >= 0.6 is 0 Å². The number of amides is 2. The van der Waals surface area contributed by atoms with Crippen LogP contribution in [0.2, 0.25) is 0 Å². The topological polar surface area (TPSA) is 83.1 Å². The predicted octanol–water partition coefficient (Wildman–Crippen LogP) is 1.02. The number of carbonyl (C=O) groups is 2. The molecular weight excluding hydrogens is 256 g/mol. The molecule has 0 radical (unpaired) electrons. The number of carbonyl (C=O) groups excluding carboxylic acids is 2. The quantitative estimate of drug-likeness (QED) is 0.725. The van der Waals surface area contributed by atoms with E-state index in [-0.39, 0.29) is 18.4 Å². The molecule has 1 heterocycles. The van der Waals surface area contributed by atoms with E-state index in [0.29, 0.717) is 11.5 Å². The lowest BCUT2D eigenvalue weighted by atomic mass is 9.92. The summed E-state index contributed by atoms with van der Waals surface area (Å²) in [5.74, 6) is 0.250. The van der Waals surface area contributed by atoms with Gasteiger partial charge in [-0.1, -0.05) is 6.07 Å². The molecule has 1 aromatic heterocycles. The Hall–Kier alpha value is -2.11. The fraction of sp³-hybridized carbons (Fsp3) is 0.500. The van der Waals surface area contributed by atoms with Crippen LogP contribution in [-0.2, 0) is 4.79 Å². The van der Waals surface area contributed by atoms with Crippen molar-refractivity contribution in [2.45, 2.75) is 20.8 Å². The lowest BCUT2D eigenvalue weighted by Gasteiger charge is -2.22. The third-order valence-corrected chi connectivity index (χ3v) is 2.87. The molecule has 0 spiro atoms. The van der Waals surface area contributed by atoms with Gasteiger partial charge in [0.1, 0.15) is 11.5 Å². The van der Waals surface area contributed by atoms with E-state index in [4.69, 9.17) is 0 Å². The highest BCUT2D eigenvalue weighted by molar-refractivity contribution is 5.93. The average Bonchev–Trinajstić information content (AvgIpc) is 2.44. The lowest BCUT2D eigenvalue weighted by Crippen LogP contribution is -2.43. The van der Waals surface area contributed by atoms with Gasteiger partial charge in [-0.05, 0) is 32.9 Å². The normalized spacial score (nSPS) is 10.8. The summed E-state index contributed by atoms with van der Waals surface area (Å²) in [7, 11) is 1.58. The Bertz CT molecular complexity index is 486. The van der Waals surface area contributed by atoms with Crippen LogP contribution < -0.4 is 16.0 Å². The van der Waals surface area contributed by atoms with Crippen LogP contribution in [0.15, 0.2) is 18.2 Å². The van der Waals surface area contributed by atoms with Gasteiger partial charge >= 0.3 is 0 Å². The zero-order valence-electron chi connectivity index (χ0n) is 12.4. The molecule has 110 valence electrons. The standard InChI is InChI=1S/C14H22N4O2/c1-5-16-11-8-6-7-10(18-11)12(19)17-9-14(2,3)13(20)15-4/h6-8H,5,9H2,1-4H3,(H,15,20)(H,16,18)(H,17,19). The molecule has 0 unspecified atom stereocenters. The summed E-state index contributed by atoms with van der Waals surface area (Å²) in [6.45, 7) is 6.49. The summed E-state index contributed by atoms with van der Waals surface area (Å²) in [5.41, 5.74) is -0.333. The van der Waals surface area contributed by atoms with Crippen molar-refractivity contribution in [3.05, 3.63) is 23.9 Å². The maximum absolute atomic E-state index is 12.0. The lowest BCUT2D eigenvalue weighted by molar-refractivity contribution is -0.128. The Kier molecular flexibility index (Phi) is 5.49. The summed E-state index contributed by atoms with van der Waals surface area (Å²) >= 11 is 0. The molecule has 0 aliphatic rings. The Balaban J connectivity index is 2.67. The number of nitrogens with zero attached hydrogens (tertiary/aromatic N) is 1. The van der Waals surface area contributed by atoms with Gasteiger partial charge in [0, 0.05) is 20.1 Å². The molecule has 0 aliphatic heterocycles. The van der Waals surface area contributed by atoms with E-state index >= 15 is 0 Å². The van der Waals surface area contributed by atoms with Crippen LogP contribution in [-0.4, -0.2) is 36.9 Å². The van der Waals surface area contributed by atoms with Crippen molar-refractivity contribution in [2.75, 3.05) is 25.5 Å². The van der Waals surface area contributed by atoms with Gasteiger partial charge in [0.05, 0.1) is 5.41 Å². The highest BCUT2D eigenvalue weighted by Crippen LogP contribution is 2.13. The second-order valence-corrected chi connectivity index (χ2v) is 5.08. The van der Waals surface area contributed by atoms with Crippen molar-refractivity contribution in [3.63, 3.8) is 0 Å². The van der Waals surface area contributed by atoms with Crippen molar-refractivity contribution < 1.29 is 9.59 Å². The Morgan fingerprint density at radius 1 is 1.30 bits per heavy atom. The fourth-order valence-electron chi connectivity index (χ4n) is 1.65. The van der Waals surface area contributed by atoms with Gasteiger partial charge in [0.25, 0.3) is 5.91 Å². The fourth-order valence-corrected chi connectivity index (χ4v) is 1.65. The Morgan fingerprint density at radius 2 is 2.00 bits per heavy atom. The van der Waals surface area contributed by atoms with Gasteiger partial charge in [-0.2, -0.15) is 0 Å². The average molecular weight is 278 g/mol. The van der Waals surface area contributed by atoms with Crippen LogP contribution in [0.5, 0.6) is 0 Å². The minimum atomic E-state index is -0.663. The van der Waals surface area contributed by atoms with Crippen LogP contribution in [0.25, 0.3) is 0 Å². The molecule has 0 bridgehead atoms. The van der Waals surface area contributed by atoms with Gasteiger partial charge < -0.3 is 16.0 Å². The number of pyridine rings is 1. The van der Waals surface area contributed by atoms with Crippen molar-refractivity contribution in [1.29, 1.82) is 0 Å². The number of anilines is 1. The van der Waals surface area contributed by atoms with Gasteiger partial charge in [-0.3, -0.25) is 9.59 Å². The third-order valence-electron chi connectivity index (χ3n) is 2.87. The van der Waals surface area contributed by atoms with E-state index in [9.17, 15) is 9.59 Å². The molecular formula is C14H22N4O2. The van der Waals surface area contributed by atoms with E-state index in [1.807, 2.05) is 6.92 Å². The molecule has 0 aliphatic carbocycles. The second kappa shape index (κ2) is 6.88. The zero-order chi connectivity index (χ0) is 15.2. The third kappa shape index (κ3) is 4.22. The molecule has 3 N–H and O–H groups in total. The number of hydrogen-bond acceptors (Lipinski definition) is 4. The van der Waals surface area contributed by atoms with Crippen LogP contribution in [0.3, 0.4) is 0 Å². The second-order valence-electron chi connectivity index (χ2n) is 5.08. The molecule has 6 heteroatoms. The molecule has 0 fully saturated rings. The molecule has 6 nitrogen and oxygen atoms in total. The number of hydrogen-bond donors (Lipinski definition) is 3. The highest BCUT2D eigenvalue weighted by Gasteiger charge is 2.27. The Labute approximate surface area is 119 Å². The number of nitrogens with one attached hydrogen (secondary N) is 3. The first kappa shape index (κ1) is 15.9. The van der Waals surface area contributed by atoms with E-state index < -0.39 is 5.41 Å². The predicted molar refractivity (Wildman–Crippen MR) is 78.6 cm³/mol. The maximum atomic E-state index is 12.0. The van der Waals surface area contributed by atoms with Gasteiger partial charge in [-0.15, -0.1) is 0 Å². The van der Waals surface area contributed by atoms with Gasteiger partial charge in [-0.25, -0.2) is 4.98 Å². The summed E-state index contributed by atoms with van der Waals surface area (Å²) in [6.07, 6.45) is 0. The van der Waals surface area contributed by atoms with Gasteiger partial charge in [0.15, 0.2) is 0 Å². The molecule has 0 saturated carbocycles. The molecule has 2 amide bonds. The van der Waals surface area contributed by atoms with Crippen molar-refractivity contribution in [1.82, 2.24) is 15.6 Å². The van der Waals surface area contributed by atoms with Crippen molar-refractivity contribution in [3.8, 4) is 0 Å². The van der Waals surface area contributed by atoms with E-state index in [0.717, 1.165) is 6.54 Å². The maximum Gasteiger partial charge on any atom is 0.270 e. The van der Waals surface area contributed by atoms with E-state index in [1.165, 1.54) is 0 Å². The largest absolute Gasteiger partial charge is 0.370 e. The molecule has 0 aromatic carbocycles. The van der Waals surface area contributed by atoms with E-state index in [1.54, 1.807) is 39.1 Å². The summed E-state index contributed by atoms with van der Waals surface area (Å²) < 4.78 is 0. The Morgan fingerprint density at radius 3 is 2.60 bits per heavy atom. The summed E-state index contributed by atoms with van der Waals surface area (Å²) in [6, 6.07) is 5.21. The highest BCUT2D eigenvalue weighted by atomic mass is 16.2. The van der Waals surface area contributed by atoms with Crippen LogP contribution in [0.1, 0.15) is 31.3 Å². The monoisotopic (exact) mass is 278 g/mol. The van der Waals surface area contributed by atoms with Gasteiger partial charge in [0.2, 0.25) is 5.91 Å². The SMILES string of the molecule is CCNc1cccc(C(=O)NCC(C)(C)C(=O)NC)n1. The minimum absolute atomic E-state index is 0.118. The first-order valence-corrected chi connectivity index (χ1v) is 6.62. The molecule has 0 atom stereocenters. The molecule has 1 aromatic rings. The smallest absolute Gasteiger partial charge is 0.270 e. The first-order valence-electron chi connectivity index (χ1n) is 6.62. The first-order chi connectivity index (χ1) is 9.40. The van der Waals surface area contributed by atoms with E-state index in [2.05, 4.69) is 20.9 Å². The van der Waals surface area contributed by atoms with Crippen LogP contribution in [0, 0.1) is 5.41 Å². The molecule has 0 saturated heterocycles. The number of aromatic nitrogens is 1. The summed E-state index contributed by atoms with van der Waals surface area (Å²) in [5, 5.41) is 8.36. The summed E-state index contributed by atoms with van der Waals surface area (Å²) in [4.78, 5) is 27.9. The molecule has 20 heavy (non-hydrogen) atoms. The number of rotatable bonds is 6. The zero-order valence-corrected chi connectivity index (χ0v) is 12.4. The van der Waals surface area contributed by atoms with Crippen molar-refractivity contribution >= 4 is 17.6 Å². The minimum Gasteiger partial charge on any atom is -0.370 e. The van der Waals surface area contributed by atoms with Crippen LogP contribution in [0.4, 0.5) is 5.82 Å².